The SMILES string of the molecule is COc1cccc(N(c2cc(-c3ccccc3)cc(-c3ccccc3)c2)c2ccc3c4c2ccc2c(N(c5cccc(C)c5)c5cc(-c6ccccc6)cc(-c6ccccc6)c5)ccc(c24)n3-c2ccccc2)c1. The average molecular weight is 950 g/mol. The standard InChI is InChI=1S/C70H51N3O/c1-48-20-18-31-58(40-48)71(60-43-53(49-21-8-3-9-22-49)41-54(44-60)50-23-10-4-11-24-50)65-36-38-67-69-63(65)34-35-64-66(37-39-68(70(64)69)73(67)57-29-16-7-17-30-57)72(59-32-19-33-62(47-59)74-2)61-45-55(51-25-12-5-13-26-51)42-56(46-61)52-27-14-6-15-28-52/h3-47H,1-2H3. The number of rotatable bonds is 12. The molecule has 352 valence electrons. The van der Waals surface area contributed by atoms with E-state index in [1.807, 2.05) is 6.07 Å². The molecular weight excluding hydrogens is 899 g/mol. The van der Waals surface area contributed by atoms with E-state index in [0.29, 0.717) is 0 Å². The molecule has 0 aliphatic heterocycles. The smallest absolute Gasteiger partial charge is 0.120 e. The van der Waals surface area contributed by atoms with E-state index in [-0.39, 0.29) is 0 Å². The van der Waals surface area contributed by atoms with Gasteiger partial charge in [-0.25, -0.2) is 0 Å². The molecule has 0 bridgehead atoms. The summed E-state index contributed by atoms with van der Waals surface area (Å²) in [5.74, 6) is 0.788. The highest BCUT2D eigenvalue weighted by molar-refractivity contribution is 6.29. The summed E-state index contributed by atoms with van der Waals surface area (Å²) in [5, 5.41) is 4.70. The fourth-order valence-corrected chi connectivity index (χ4v) is 11.0. The second kappa shape index (κ2) is 18.8. The highest BCUT2D eigenvalue weighted by Gasteiger charge is 2.27. The lowest BCUT2D eigenvalue weighted by Gasteiger charge is -2.29. The van der Waals surface area contributed by atoms with Crippen molar-refractivity contribution in [2.75, 3.05) is 16.9 Å². The molecule has 0 N–H and O–H groups in total. The van der Waals surface area contributed by atoms with Crippen molar-refractivity contribution in [3.63, 3.8) is 0 Å². The van der Waals surface area contributed by atoms with Crippen LogP contribution in [-0.4, -0.2) is 11.7 Å². The van der Waals surface area contributed by atoms with E-state index >= 15 is 0 Å². The molecular formula is C70H51N3O. The molecule has 4 nitrogen and oxygen atoms in total. The van der Waals surface area contributed by atoms with Crippen LogP contribution in [0.2, 0.25) is 0 Å². The monoisotopic (exact) mass is 949 g/mol. The molecule has 0 aliphatic rings. The van der Waals surface area contributed by atoms with Crippen molar-refractivity contribution in [2.24, 2.45) is 0 Å². The van der Waals surface area contributed by atoms with Crippen LogP contribution in [0.3, 0.4) is 0 Å². The zero-order valence-electron chi connectivity index (χ0n) is 41.2. The van der Waals surface area contributed by atoms with Crippen molar-refractivity contribution < 1.29 is 4.74 Å². The minimum Gasteiger partial charge on any atom is -0.497 e. The molecule has 0 spiro atoms. The Bertz CT molecular complexity index is 4000. The van der Waals surface area contributed by atoms with Gasteiger partial charge in [-0.05, 0) is 154 Å². The fourth-order valence-electron chi connectivity index (χ4n) is 11.0. The Balaban J connectivity index is 1.10. The van der Waals surface area contributed by atoms with E-state index in [0.717, 1.165) is 101 Å². The molecule has 0 saturated carbocycles. The Labute approximate surface area is 432 Å². The van der Waals surface area contributed by atoms with Crippen LogP contribution in [-0.2, 0) is 0 Å². The zero-order chi connectivity index (χ0) is 49.5. The first kappa shape index (κ1) is 44.3. The van der Waals surface area contributed by atoms with Crippen LogP contribution in [0.25, 0.3) is 82.8 Å². The van der Waals surface area contributed by atoms with Crippen LogP contribution in [0.5, 0.6) is 5.75 Å². The Morgan fingerprint density at radius 3 is 1.11 bits per heavy atom. The van der Waals surface area contributed by atoms with Gasteiger partial charge in [0.05, 0.1) is 29.5 Å². The first-order chi connectivity index (χ1) is 36.6. The van der Waals surface area contributed by atoms with Crippen molar-refractivity contribution >= 4 is 66.7 Å². The molecule has 0 unspecified atom stereocenters. The molecule has 0 amide bonds. The van der Waals surface area contributed by atoms with E-state index in [1.54, 1.807) is 7.11 Å². The number of hydrogen-bond acceptors (Lipinski definition) is 3. The number of nitrogens with zero attached hydrogens (tertiary/aromatic N) is 3. The van der Waals surface area contributed by atoms with E-state index in [9.17, 15) is 0 Å². The lowest BCUT2D eigenvalue weighted by atomic mass is 9.95. The lowest BCUT2D eigenvalue weighted by molar-refractivity contribution is 0.415. The summed E-state index contributed by atoms with van der Waals surface area (Å²) in [5.41, 5.74) is 20.2. The minimum absolute atomic E-state index is 0.788. The van der Waals surface area contributed by atoms with Gasteiger partial charge in [0.2, 0.25) is 0 Å². The van der Waals surface area contributed by atoms with Gasteiger partial charge in [-0.2, -0.15) is 0 Å². The normalized spacial score (nSPS) is 11.4. The van der Waals surface area contributed by atoms with Crippen molar-refractivity contribution in [2.45, 2.75) is 6.92 Å². The maximum absolute atomic E-state index is 5.94. The topological polar surface area (TPSA) is 20.6 Å². The lowest BCUT2D eigenvalue weighted by Crippen LogP contribution is -2.12. The maximum atomic E-state index is 5.94. The number of aryl methyl sites for hydroxylation is 1. The number of anilines is 6. The van der Waals surface area contributed by atoms with Gasteiger partial charge < -0.3 is 19.1 Å². The number of benzene rings is 12. The summed E-state index contributed by atoms with van der Waals surface area (Å²) in [6.45, 7) is 2.18. The molecule has 12 aromatic carbocycles. The number of para-hydroxylation sites is 1. The van der Waals surface area contributed by atoms with Gasteiger partial charge >= 0.3 is 0 Å². The molecule has 0 fully saturated rings. The third-order valence-corrected chi connectivity index (χ3v) is 14.4. The van der Waals surface area contributed by atoms with Crippen molar-refractivity contribution in [3.8, 4) is 55.9 Å². The highest BCUT2D eigenvalue weighted by atomic mass is 16.5. The molecule has 1 aromatic heterocycles. The average Bonchev–Trinajstić information content (AvgIpc) is 3.87. The van der Waals surface area contributed by atoms with Crippen molar-refractivity contribution in [1.82, 2.24) is 4.57 Å². The molecule has 1 heterocycles. The fraction of sp³-hybridized carbons (Fsp3) is 0.0286. The third-order valence-electron chi connectivity index (χ3n) is 14.4. The van der Waals surface area contributed by atoms with E-state index in [2.05, 4.69) is 288 Å². The quantitative estimate of drug-likeness (QED) is 0.114. The van der Waals surface area contributed by atoms with Crippen LogP contribution in [0.4, 0.5) is 34.1 Å². The summed E-state index contributed by atoms with van der Waals surface area (Å²) in [4.78, 5) is 4.88. The summed E-state index contributed by atoms with van der Waals surface area (Å²) in [7, 11) is 1.74. The second-order valence-electron chi connectivity index (χ2n) is 19.0. The Hall–Kier alpha value is -9.64. The van der Waals surface area contributed by atoms with Crippen LogP contribution in [0.1, 0.15) is 5.56 Å². The molecule has 0 aliphatic carbocycles. The Kier molecular flexibility index (Phi) is 11.3. The van der Waals surface area contributed by atoms with Gasteiger partial charge in [0.15, 0.2) is 0 Å². The number of ether oxygens (including phenoxy) is 1. The van der Waals surface area contributed by atoms with Crippen LogP contribution >= 0.6 is 0 Å². The number of hydrogen-bond donors (Lipinski definition) is 0. The van der Waals surface area contributed by atoms with Gasteiger partial charge in [-0.3, -0.25) is 0 Å². The largest absolute Gasteiger partial charge is 0.497 e. The number of aromatic nitrogens is 1. The van der Waals surface area contributed by atoms with Crippen LogP contribution < -0.4 is 14.5 Å². The summed E-state index contributed by atoms with van der Waals surface area (Å²) >= 11 is 0. The van der Waals surface area contributed by atoms with Gasteiger partial charge in [-0.1, -0.05) is 170 Å². The highest BCUT2D eigenvalue weighted by Crippen LogP contribution is 2.51. The van der Waals surface area contributed by atoms with Crippen LogP contribution in [0, 0.1) is 6.92 Å². The van der Waals surface area contributed by atoms with Crippen LogP contribution in [0.15, 0.2) is 273 Å². The van der Waals surface area contributed by atoms with E-state index < -0.39 is 0 Å². The molecule has 0 radical (unpaired) electrons. The predicted octanol–water partition coefficient (Wildman–Crippen LogP) is 19.3. The molecule has 13 rings (SSSR count). The van der Waals surface area contributed by atoms with E-state index in [1.165, 1.54) is 27.5 Å². The Morgan fingerprint density at radius 2 is 0.703 bits per heavy atom. The van der Waals surface area contributed by atoms with E-state index in [4.69, 9.17) is 4.74 Å². The summed E-state index contributed by atoms with van der Waals surface area (Å²) in [6, 6.07) is 99.0. The summed E-state index contributed by atoms with van der Waals surface area (Å²) in [6.07, 6.45) is 0. The summed E-state index contributed by atoms with van der Waals surface area (Å²) < 4.78 is 8.38. The molecule has 13 aromatic rings. The Morgan fingerprint density at radius 1 is 0.311 bits per heavy atom. The van der Waals surface area contributed by atoms with Gasteiger partial charge in [0, 0.05) is 56.0 Å². The molecule has 4 heteroatoms. The third kappa shape index (κ3) is 8.00. The minimum atomic E-state index is 0.788. The van der Waals surface area contributed by atoms with Crippen molar-refractivity contribution in [1.29, 1.82) is 0 Å². The molecule has 0 saturated heterocycles. The molecule has 0 atom stereocenters. The predicted molar refractivity (Wildman–Crippen MR) is 312 cm³/mol. The molecule has 74 heavy (non-hydrogen) atoms. The number of methoxy groups -OCH3 is 1. The maximum Gasteiger partial charge on any atom is 0.120 e. The first-order valence-electron chi connectivity index (χ1n) is 25.3. The van der Waals surface area contributed by atoms with Gasteiger partial charge in [-0.15, -0.1) is 0 Å². The van der Waals surface area contributed by atoms with Gasteiger partial charge in [0.1, 0.15) is 5.75 Å². The first-order valence-corrected chi connectivity index (χ1v) is 25.3. The van der Waals surface area contributed by atoms with Gasteiger partial charge in [0.25, 0.3) is 0 Å². The zero-order valence-corrected chi connectivity index (χ0v) is 41.2. The van der Waals surface area contributed by atoms with Crippen molar-refractivity contribution in [3.05, 3.63) is 279 Å². The second-order valence-corrected chi connectivity index (χ2v) is 19.0.